The van der Waals surface area contributed by atoms with E-state index in [9.17, 15) is 0 Å². The fourth-order valence-electron chi connectivity index (χ4n) is 2.19. The van der Waals surface area contributed by atoms with Crippen LogP contribution >= 0.6 is 0 Å². The first-order valence-electron chi connectivity index (χ1n) is 6.72. The number of nitrogens with two attached hydrogens (primary N) is 1. The third kappa shape index (κ3) is 2.93. The fourth-order valence-corrected chi connectivity index (χ4v) is 2.19. The highest BCUT2D eigenvalue weighted by Gasteiger charge is 2.11. The lowest BCUT2D eigenvalue weighted by Gasteiger charge is -2.10. The summed E-state index contributed by atoms with van der Waals surface area (Å²) < 4.78 is 2.11. The number of nitrogens with zero attached hydrogens (tertiary/aromatic N) is 3. The maximum absolute atomic E-state index is 5.77. The van der Waals surface area contributed by atoms with E-state index >= 15 is 0 Å². The van der Waals surface area contributed by atoms with E-state index in [1.165, 1.54) is 5.56 Å². The van der Waals surface area contributed by atoms with E-state index < -0.39 is 0 Å². The van der Waals surface area contributed by atoms with Crippen molar-refractivity contribution in [1.29, 1.82) is 0 Å². The molecular formula is C14H21N5. The Balaban J connectivity index is 2.28. The Morgan fingerprint density at radius 1 is 1.16 bits per heavy atom. The van der Waals surface area contributed by atoms with Gasteiger partial charge >= 0.3 is 0 Å². The highest BCUT2D eigenvalue weighted by atomic mass is 15.3. The summed E-state index contributed by atoms with van der Waals surface area (Å²) >= 11 is 0. The summed E-state index contributed by atoms with van der Waals surface area (Å²) in [4.78, 5) is 0. The van der Waals surface area contributed by atoms with Crippen LogP contribution in [0.25, 0.3) is 0 Å². The van der Waals surface area contributed by atoms with Gasteiger partial charge in [0, 0.05) is 26.1 Å². The van der Waals surface area contributed by atoms with Gasteiger partial charge in [-0.25, -0.2) is 0 Å². The fraction of sp³-hybridized carbons (Fsp3) is 0.429. The molecule has 0 bridgehead atoms. The molecule has 0 aliphatic carbocycles. The van der Waals surface area contributed by atoms with Crippen molar-refractivity contribution in [2.45, 2.75) is 33.4 Å². The first-order chi connectivity index (χ1) is 9.30. The van der Waals surface area contributed by atoms with Gasteiger partial charge in [0.25, 0.3) is 0 Å². The molecule has 0 saturated carbocycles. The molecular weight excluding hydrogens is 238 g/mol. The minimum Gasteiger partial charge on any atom is -0.355 e. The summed E-state index contributed by atoms with van der Waals surface area (Å²) in [6, 6.07) is 8.21. The Morgan fingerprint density at radius 3 is 2.53 bits per heavy atom. The van der Waals surface area contributed by atoms with Crippen LogP contribution in [0.5, 0.6) is 0 Å². The van der Waals surface area contributed by atoms with Crippen molar-refractivity contribution in [3.05, 3.63) is 41.2 Å². The Hall–Kier alpha value is -1.88. The largest absolute Gasteiger partial charge is 0.355 e. The lowest BCUT2D eigenvalue weighted by molar-refractivity contribution is 0.714. The van der Waals surface area contributed by atoms with Crippen molar-refractivity contribution in [3.8, 4) is 0 Å². The smallest absolute Gasteiger partial charge is 0.224 e. The lowest BCUT2D eigenvalue weighted by atomic mass is 10.0. The minimum atomic E-state index is 0.552. The molecule has 2 rings (SSSR count). The molecule has 0 saturated heterocycles. The molecule has 0 unspecified atom stereocenters. The predicted molar refractivity (Wildman–Crippen MR) is 77.0 cm³/mol. The number of hydrogen-bond donors (Lipinski definition) is 2. The van der Waals surface area contributed by atoms with Crippen molar-refractivity contribution in [3.63, 3.8) is 0 Å². The summed E-state index contributed by atoms with van der Waals surface area (Å²) in [5.74, 6) is 1.81. The molecule has 0 aliphatic rings. The van der Waals surface area contributed by atoms with E-state index in [2.05, 4.69) is 46.1 Å². The number of nitrogens with one attached hydrogen (secondary N) is 1. The van der Waals surface area contributed by atoms with Gasteiger partial charge < -0.3 is 11.1 Å². The van der Waals surface area contributed by atoms with Gasteiger partial charge in [0.05, 0.1) is 0 Å². The molecule has 2 aromatic rings. The van der Waals surface area contributed by atoms with Crippen LogP contribution in [0, 0.1) is 0 Å². The van der Waals surface area contributed by atoms with Gasteiger partial charge in [-0.1, -0.05) is 24.3 Å². The van der Waals surface area contributed by atoms with Crippen LogP contribution in [0.4, 0.5) is 5.95 Å². The van der Waals surface area contributed by atoms with Crippen LogP contribution < -0.4 is 11.1 Å². The third-order valence-electron chi connectivity index (χ3n) is 3.17. The molecule has 19 heavy (non-hydrogen) atoms. The Bertz CT molecular complexity index is 532. The molecule has 0 aliphatic heterocycles. The van der Waals surface area contributed by atoms with Gasteiger partial charge in [-0.3, -0.25) is 4.57 Å². The standard InChI is InChI=1S/C14H21N5/c1-3-16-14-18-17-13(19(14)4-2)9-11-7-5-6-8-12(11)10-15/h5-8H,3-4,9-10,15H2,1-2H3,(H,16,18). The molecule has 0 atom stereocenters. The molecule has 1 aromatic heterocycles. The maximum atomic E-state index is 5.77. The van der Waals surface area contributed by atoms with E-state index in [1.807, 2.05) is 12.1 Å². The van der Waals surface area contributed by atoms with Crippen LogP contribution in [0.2, 0.25) is 0 Å². The number of benzene rings is 1. The van der Waals surface area contributed by atoms with Crippen LogP contribution in [-0.4, -0.2) is 21.3 Å². The first-order valence-corrected chi connectivity index (χ1v) is 6.72. The Morgan fingerprint density at radius 2 is 1.89 bits per heavy atom. The van der Waals surface area contributed by atoms with Gasteiger partial charge in [-0.05, 0) is 25.0 Å². The highest BCUT2D eigenvalue weighted by molar-refractivity contribution is 5.32. The van der Waals surface area contributed by atoms with E-state index in [-0.39, 0.29) is 0 Å². The summed E-state index contributed by atoms with van der Waals surface area (Å²) in [5.41, 5.74) is 8.16. The Labute approximate surface area is 113 Å². The van der Waals surface area contributed by atoms with Crippen molar-refractivity contribution in [1.82, 2.24) is 14.8 Å². The second-order valence-electron chi connectivity index (χ2n) is 4.36. The molecule has 3 N–H and O–H groups in total. The molecule has 5 nitrogen and oxygen atoms in total. The zero-order chi connectivity index (χ0) is 13.7. The second kappa shape index (κ2) is 6.33. The molecule has 5 heteroatoms. The summed E-state index contributed by atoms with van der Waals surface area (Å²) in [5, 5.41) is 11.7. The van der Waals surface area contributed by atoms with Crippen molar-refractivity contribution >= 4 is 5.95 Å². The van der Waals surface area contributed by atoms with Gasteiger partial charge in [-0.2, -0.15) is 0 Å². The summed E-state index contributed by atoms with van der Waals surface area (Å²) in [6.45, 7) is 6.41. The summed E-state index contributed by atoms with van der Waals surface area (Å²) in [7, 11) is 0. The molecule has 0 fully saturated rings. The Kier molecular flexibility index (Phi) is 4.52. The maximum Gasteiger partial charge on any atom is 0.224 e. The predicted octanol–water partition coefficient (Wildman–Crippen LogP) is 1.78. The zero-order valence-electron chi connectivity index (χ0n) is 11.6. The number of aromatic nitrogens is 3. The number of rotatable bonds is 6. The van der Waals surface area contributed by atoms with Crippen molar-refractivity contribution in [2.75, 3.05) is 11.9 Å². The second-order valence-corrected chi connectivity index (χ2v) is 4.36. The van der Waals surface area contributed by atoms with Gasteiger partial charge in [0.2, 0.25) is 5.95 Å². The van der Waals surface area contributed by atoms with Crippen molar-refractivity contribution < 1.29 is 0 Å². The van der Waals surface area contributed by atoms with Crippen molar-refractivity contribution in [2.24, 2.45) is 5.73 Å². The molecule has 102 valence electrons. The van der Waals surface area contributed by atoms with Gasteiger partial charge in [0.15, 0.2) is 0 Å². The van der Waals surface area contributed by atoms with E-state index in [4.69, 9.17) is 5.73 Å². The van der Waals surface area contributed by atoms with Crippen LogP contribution in [0.3, 0.4) is 0 Å². The third-order valence-corrected chi connectivity index (χ3v) is 3.17. The topological polar surface area (TPSA) is 68.8 Å². The van der Waals surface area contributed by atoms with Crippen LogP contribution in [0.15, 0.2) is 24.3 Å². The first kappa shape index (κ1) is 13.5. The molecule has 1 heterocycles. The molecule has 0 spiro atoms. The van der Waals surface area contributed by atoms with E-state index in [1.54, 1.807) is 0 Å². The monoisotopic (exact) mass is 259 g/mol. The number of hydrogen-bond acceptors (Lipinski definition) is 4. The van der Waals surface area contributed by atoms with Crippen LogP contribution in [0.1, 0.15) is 30.8 Å². The number of anilines is 1. The van der Waals surface area contributed by atoms with Gasteiger partial charge in [-0.15, -0.1) is 10.2 Å². The van der Waals surface area contributed by atoms with E-state index in [0.717, 1.165) is 36.8 Å². The minimum absolute atomic E-state index is 0.552. The average Bonchev–Trinajstić information content (AvgIpc) is 2.82. The molecule has 0 radical (unpaired) electrons. The van der Waals surface area contributed by atoms with Crippen LogP contribution in [-0.2, 0) is 19.5 Å². The highest BCUT2D eigenvalue weighted by Crippen LogP contribution is 2.15. The average molecular weight is 259 g/mol. The molecule has 1 aromatic carbocycles. The summed E-state index contributed by atoms with van der Waals surface area (Å²) in [6.07, 6.45) is 0.763. The lowest BCUT2D eigenvalue weighted by Crippen LogP contribution is -2.10. The normalized spacial score (nSPS) is 10.7. The quantitative estimate of drug-likeness (QED) is 0.829. The van der Waals surface area contributed by atoms with Gasteiger partial charge in [0.1, 0.15) is 5.82 Å². The zero-order valence-corrected chi connectivity index (χ0v) is 11.6. The van der Waals surface area contributed by atoms with E-state index in [0.29, 0.717) is 6.54 Å². The molecule has 0 amide bonds. The SMILES string of the molecule is CCNc1nnc(Cc2ccccc2CN)n1CC.